The van der Waals surface area contributed by atoms with E-state index < -0.39 is 5.91 Å². The van der Waals surface area contributed by atoms with Crippen molar-refractivity contribution < 1.29 is 9.59 Å². The van der Waals surface area contributed by atoms with Crippen LogP contribution >= 0.6 is 0 Å². The first-order valence-electron chi connectivity index (χ1n) is 7.12. The third-order valence-electron chi connectivity index (χ3n) is 4.00. The average molecular weight is 299 g/mol. The highest BCUT2D eigenvalue weighted by molar-refractivity contribution is 5.95. The van der Waals surface area contributed by atoms with Crippen LogP contribution in [-0.4, -0.2) is 26.8 Å². The second kappa shape index (κ2) is 5.59. The predicted octanol–water partition coefficient (Wildman–Crippen LogP) is 0.658. The number of nitrogens with one attached hydrogen (secondary N) is 1. The number of anilines is 1. The van der Waals surface area contributed by atoms with E-state index in [0.29, 0.717) is 17.7 Å². The highest BCUT2D eigenvalue weighted by Gasteiger charge is 2.28. The number of aryl methyl sites for hydroxylation is 2. The lowest BCUT2D eigenvalue weighted by Crippen LogP contribution is -2.29. The van der Waals surface area contributed by atoms with Crippen molar-refractivity contribution in [2.75, 3.05) is 5.32 Å². The molecule has 0 aliphatic heterocycles. The van der Waals surface area contributed by atoms with Gasteiger partial charge >= 0.3 is 0 Å². The molecule has 1 aromatic carbocycles. The maximum Gasteiger partial charge on any atom is 0.248 e. The van der Waals surface area contributed by atoms with Crippen LogP contribution in [0.4, 0.5) is 5.69 Å². The summed E-state index contributed by atoms with van der Waals surface area (Å²) in [7, 11) is 1.84. The molecule has 1 aliphatic rings. The van der Waals surface area contributed by atoms with Crippen LogP contribution in [0.3, 0.4) is 0 Å². The smallest absolute Gasteiger partial charge is 0.248 e. The molecule has 1 atom stereocenters. The van der Waals surface area contributed by atoms with Gasteiger partial charge in [0.15, 0.2) is 0 Å². The number of carbonyl (C=O) groups excluding carboxylic acids is 2. The molecule has 2 aromatic rings. The van der Waals surface area contributed by atoms with Crippen molar-refractivity contribution in [2.24, 2.45) is 18.7 Å². The summed E-state index contributed by atoms with van der Waals surface area (Å²) in [5.74, 6) is -0.611. The van der Waals surface area contributed by atoms with Gasteiger partial charge in [-0.15, -0.1) is 5.10 Å². The molecule has 0 spiro atoms. The minimum absolute atomic E-state index is 0.0290. The standard InChI is InChI=1S/C15H17N5O2/c1-20-13-8-10(4-7-12(13)18-19-20)15(22)17-11-5-2-9(3-6-11)14(16)21/h2-3,5-6,10H,4,7-8H2,1H3,(H2,16,21)(H,17,22). The molecule has 1 heterocycles. The Hall–Kier alpha value is -2.70. The zero-order chi connectivity index (χ0) is 15.7. The van der Waals surface area contributed by atoms with Gasteiger partial charge < -0.3 is 11.1 Å². The molecule has 0 saturated carbocycles. The molecule has 7 nitrogen and oxygen atoms in total. The van der Waals surface area contributed by atoms with Crippen LogP contribution in [-0.2, 0) is 24.7 Å². The van der Waals surface area contributed by atoms with E-state index in [-0.39, 0.29) is 11.8 Å². The van der Waals surface area contributed by atoms with Gasteiger partial charge in [0, 0.05) is 30.6 Å². The molecule has 2 amide bonds. The van der Waals surface area contributed by atoms with E-state index in [9.17, 15) is 9.59 Å². The molecule has 3 N–H and O–H groups in total. The topological polar surface area (TPSA) is 103 Å². The molecule has 22 heavy (non-hydrogen) atoms. The van der Waals surface area contributed by atoms with Gasteiger partial charge in [0.2, 0.25) is 11.8 Å². The van der Waals surface area contributed by atoms with Crippen LogP contribution in [0.15, 0.2) is 24.3 Å². The van der Waals surface area contributed by atoms with E-state index in [1.54, 1.807) is 28.9 Å². The van der Waals surface area contributed by atoms with Crippen LogP contribution in [0.1, 0.15) is 28.2 Å². The largest absolute Gasteiger partial charge is 0.366 e. The molecule has 1 unspecified atom stereocenters. The van der Waals surface area contributed by atoms with E-state index in [1.807, 2.05) is 7.05 Å². The van der Waals surface area contributed by atoms with Crippen molar-refractivity contribution in [1.29, 1.82) is 0 Å². The van der Waals surface area contributed by atoms with Crippen molar-refractivity contribution in [1.82, 2.24) is 15.0 Å². The number of nitrogens with two attached hydrogens (primary N) is 1. The second-order valence-electron chi connectivity index (χ2n) is 5.48. The van der Waals surface area contributed by atoms with Crippen LogP contribution in [0, 0.1) is 5.92 Å². The molecule has 0 radical (unpaired) electrons. The highest BCUT2D eigenvalue weighted by Crippen LogP contribution is 2.24. The number of fused-ring (bicyclic) bond motifs is 1. The van der Waals surface area contributed by atoms with E-state index in [0.717, 1.165) is 24.2 Å². The fraction of sp³-hybridized carbons (Fsp3) is 0.333. The summed E-state index contributed by atoms with van der Waals surface area (Å²) in [5, 5.41) is 11.0. The molecule has 3 rings (SSSR count). The minimum Gasteiger partial charge on any atom is -0.366 e. The Morgan fingerprint density at radius 1 is 1.32 bits per heavy atom. The van der Waals surface area contributed by atoms with Crippen molar-refractivity contribution in [2.45, 2.75) is 19.3 Å². The van der Waals surface area contributed by atoms with Gasteiger partial charge in [0.05, 0.1) is 11.4 Å². The van der Waals surface area contributed by atoms with Crippen molar-refractivity contribution >= 4 is 17.5 Å². The lowest BCUT2D eigenvalue weighted by atomic mass is 9.89. The second-order valence-corrected chi connectivity index (χ2v) is 5.48. The first-order valence-corrected chi connectivity index (χ1v) is 7.12. The van der Waals surface area contributed by atoms with Gasteiger partial charge in [-0.3, -0.25) is 14.3 Å². The van der Waals surface area contributed by atoms with Gasteiger partial charge in [-0.05, 0) is 37.1 Å². The lowest BCUT2D eigenvalue weighted by molar-refractivity contribution is -0.120. The van der Waals surface area contributed by atoms with Crippen LogP contribution in [0.2, 0.25) is 0 Å². The Morgan fingerprint density at radius 2 is 2.05 bits per heavy atom. The number of rotatable bonds is 3. The lowest BCUT2D eigenvalue weighted by Gasteiger charge is -2.21. The van der Waals surface area contributed by atoms with Crippen molar-refractivity contribution in [3.63, 3.8) is 0 Å². The normalized spacial score (nSPS) is 16.9. The predicted molar refractivity (Wildman–Crippen MR) is 80.1 cm³/mol. The summed E-state index contributed by atoms with van der Waals surface area (Å²) in [5.41, 5.74) is 8.27. The molecule has 7 heteroatoms. The number of amides is 2. The number of primary amides is 1. The Balaban J connectivity index is 1.68. The molecule has 0 fully saturated rings. The SMILES string of the molecule is Cn1nnc2c1CC(C(=O)Nc1ccc(C(N)=O)cc1)CC2. The van der Waals surface area contributed by atoms with E-state index in [1.165, 1.54) is 0 Å². The van der Waals surface area contributed by atoms with Crippen molar-refractivity contribution in [3.05, 3.63) is 41.2 Å². The molecule has 114 valence electrons. The molecule has 1 aliphatic carbocycles. The maximum absolute atomic E-state index is 12.4. The first kappa shape index (κ1) is 14.2. The average Bonchev–Trinajstić information content (AvgIpc) is 2.88. The minimum atomic E-state index is -0.485. The summed E-state index contributed by atoms with van der Waals surface area (Å²) in [6.45, 7) is 0. The van der Waals surface area contributed by atoms with Gasteiger partial charge in [-0.2, -0.15) is 0 Å². The Bertz CT molecular complexity index is 720. The summed E-state index contributed by atoms with van der Waals surface area (Å²) in [4.78, 5) is 23.4. The Labute approximate surface area is 127 Å². The summed E-state index contributed by atoms with van der Waals surface area (Å²) in [6, 6.07) is 6.56. The monoisotopic (exact) mass is 299 g/mol. The third-order valence-corrected chi connectivity index (χ3v) is 4.00. The van der Waals surface area contributed by atoms with Gasteiger partial charge in [-0.1, -0.05) is 5.21 Å². The number of nitrogens with zero attached hydrogens (tertiary/aromatic N) is 3. The van der Waals surface area contributed by atoms with E-state index in [4.69, 9.17) is 5.73 Å². The van der Waals surface area contributed by atoms with E-state index >= 15 is 0 Å². The fourth-order valence-electron chi connectivity index (χ4n) is 2.70. The van der Waals surface area contributed by atoms with Crippen LogP contribution < -0.4 is 11.1 Å². The number of carbonyl (C=O) groups is 2. The van der Waals surface area contributed by atoms with Gasteiger partial charge in [0.1, 0.15) is 0 Å². The number of aromatic nitrogens is 3. The Morgan fingerprint density at radius 3 is 2.73 bits per heavy atom. The third kappa shape index (κ3) is 2.69. The molecule has 0 bridgehead atoms. The maximum atomic E-state index is 12.4. The highest BCUT2D eigenvalue weighted by atomic mass is 16.2. The van der Waals surface area contributed by atoms with Crippen LogP contribution in [0.25, 0.3) is 0 Å². The number of benzene rings is 1. The molecule has 0 saturated heterocycles. The first-order chi connectivity index (χ1) is 10.5. The zero-order valence-corrected chi connectivity index (χ0v) is 12.2. The quantitative estimate of drug-likeness (QED) is 0.868. The Kier molecular flexibility index (Phi) is 3.62. The molecular formula is C15H17N5O2. The molecular weight excluding hydrogens is 282 g/mol. The molecule has 1 aromatic heterocycles. The van der Waals surface area contributed by atoms with E-state index in [2.05, 4.69) is 15.6 Å². The zero-order valence-electron chi connectivity index (χ0n) is 12.2. The summed E-state index contributed by atoms with van der Waals surface area (Å²) < 4.78 is 1.73. The summed E-state index contributed by atoms with van der Waals surface area (Å²) >= 11 is 0. The van der Waals surface area contributed by atoms with Gasteiger partial charge in [-0.25, -0.2) is 0 Å². The van der Waals surface area contributed by atoms with Crippen LogP contribution in [0.5, 0.6) is 0 Å². The number of hydrogen-bond donors (Lipinski definition) is 2. The summed E-state index contributed by atoms with van der Waals surface area (Å²) in [6.07, 6.45) is 2.17. The van der Waals surface area contributed by atoms with Crippen molar-refractivity contribution in [3.8, 4) is 0 Å². The van der Waals surface area contributed by atoms with Gasteiger partial charge in [0.25, 0.3) is 0 Å². The number of hydrogen-bond acceptors (Lipinski definition) is 4. The fourth-order valence-corrected chi connectivity index (χ4v) is 2.70.